The molecule has 0 radical (unpaired) electrons. The van der Waals surface area contributed by atoms with Crippen LogP contribution in [0.3, 0.4) is 0 Å². The summed E-state index contributed by atoms with van der Waals surface area (Å²) in [5.41, 5.74) is -0.262. The second kappa shape index (κ2) is 4.19. The third-order valence-corrected chi connectivity index (χ3v) is 4.28. The van der Waals surface area contributed by atoms with E-state index in [2.05, 4.69) is 13.8 Å². The van der Waals surface area contributed by atoms with Gasteiger partial charge in [-0.2, -0.15) is 0 Å². The van der Waals surface area contributed by atoms with Gasteiger partial charge in [-0.05, 0) is 32.6 Å². The summed E-state index contributed by atoms with van der Waals surface area (Å²) in [6.45, 7) is 8.51. The highest BCUT2D eigenvalue weighted by molar-refractivity contribution is 4.97. The quantitative estimate of drug-likeness (QED) is 0.553. The Morgan fingerprint density at radius 1 is 1.14 bits per heavy atom. The predicted octanol–water partition coefficient (Wildman–Crippen LogP) is 3.86. The smallest absolute Gasteiger partial charge is 0.104 e. The van der Waals surface area contributed by atoms with Crippen LogP contribution in [0.4, 0.5) is 0 Å². The van der Waals surface area contributed by atoms with Gasteiger partial charge in [0.1, 0.15) is 5.60 Å². The van der Waals surface area contributed by atoms with Gasteiger partial charge < -0.3 is 0 Å². The first-order valence-electron chi connectivity index (χ1n) is 5.79. The Morgan fingerprint density at radius 2 is 1.64 bits per heavy atom. The Hall–Kier alpha value is -0.0800. The van der Waals surface area contributed by atoms with E-state index in [4.69, 9.17) is 10.1 Å². The fraction of sp³-hybridized carbons (Fsp3) is 1.00. The zero-order valence-electron chi connectivity index (χ0n) is 9.97. The van der Waals surface area contributed by atoms with Gasteiger partial charge >= 0.3 is 0 Å². The average Bonchev–Trinajstić information content (AvgIpc) is 2.18. The van der Waals surface area contributed by atoms with Crippen LogP contribution in [0.25, 0.3) is 0 Å². The van der Waals surface area contributed by atoms with Gasteiger partial charge in [0.25, 0.3) is 0 Å². The molecule has 0 atom stereocenters. The molecular formula is C12H24O2. The molecule has 2 heteroatoms. The molecule has 1 N–H and O–H groups in total. The van der Waals surface area contributed by atoms with Crippen LogP contribution in [0.15, 0.2) is 0 Å². The molecule has 1 rings (SSSR count). The number of rotatable bonds is 3. The summed E-state index contributed by atoms with van der Waals surface area (Å²) in [4.78, 5) is 4.74. The molecular weight excluding hydrogens is 176 g/mol. The van der Waals surface area contributed by atoms with E-state index in [1.54, 1.807) is 0 Å². The largest absolute Gasteiger partial charge is 0.251 e. The van der Waals surface area contributed by atoms with Crippen molar-refractivity contribution in [3.05, 3.63) is 0 Å². The van der Waals surface area contributed by atoms with E-state index in [-0.39, 0.29) is 5.41 Å². The topological polar surface area (TPSA) is 29.5 Å². The van der Waals surface area contributed by atoms with Crippen molar-refractivity contribution in [1.82, 2.24) is 0 Å². The van der Waals surface area contributed by atoms with E-state index in [9.17, 15) is 0 Å². The normalized spacial score (nSPS) is 22.7. The van der Waals surface area contributed by atoms with E-state index >= 15 is 0 Å². The predicted molar refractivity (Wildman–Crippen MR) is 58.1 cm³/mol. The minimum Gasteiger partial charge on any atom is -0.251 e. The summed E-state index contributed by atoms with van der Waals surface area (Å²) >= 11 is 0. The summed E-state index contributed by atoms with van der Waals surface area (Å²) < 4.78 is 0. The lowest BCUT2D eigenvalue weighted by Gasteiger charge is -2.50. The lowest BCUT2D eigenvalue weighted by molar-refractivity contribution is -0.352. The van der Waals surface area contributed by atoms with Crippen LogP contribution < -0.4 is 0 Å². The summed E-state index contributed by atoms with van der Waals surface area (Å²) in [6.07, 6.45) is 6.22. The van der Waals surface area contributed by atoms with Gasteiger partial charge in [0.2, 0.25) is 0 Å². The van der Waals surface area contributed by atoms with Crippen molar-refractivity contribution in [2.45, 2.75) is 65.4 Å². The maximum absolute atomic E-state index is 9.06. The molecule has 0 aromatic rings. The Morgan fingerprint density at radius 3 is 2.00 bits per heavy atom. The molecule has 0 saturated heterocycles. The fourth-order valence-corrected chi connectivity index (χ4v) is 3.15. The highest BCUT2D eigenvalue weighted by Gasteiger charge is 2.49. The zero-order chi connectivity index (χ0) is 10.8. The van der Waals surface area contributed by atoms with Crippen molar-refractivity contribution >= 4 is 0 Å². The first kappa shape index (κ1) is 12.0. The molecule has 2 nitrogen and oxygen atoms in total. The molecule has 1 fully saturated rings. The summed E-state index contributed by atoms with van der Waals surface area (Å²) in [6, 6.07) is 0. The number of hydrogen-bond acceptors (Lipinski definition) is 2. The third kappa shape index (κ3) is 1.82. The minimum absolute atomic E-state index is 0.153. The van der Waals surface area contributed by atoms with Gasteiger partial charge in [-0.3, -0.25) is 5.26 Å². The molecule has 0 aromatic carbocycles. The third-order valence-electron chi connectivity index (χ3n) is 4.28. The Kier molecular flexibility index (Phi) is 3.59. The SMILES string of the molecule is CC(C)C1(C(C)(C)OO)CCCCC1. The van der Waals surface area contributed by atoms with Crippen LogP contribution in [0.2, 0.25) is 0 Å². The molecule has 1 saturated carbocycles. The van der Waals surface area contributed by atoms with Crippen LogP contribution in [0, 0.1) is 11.3 Å². The van der Waals surface area contributed by atoms with Gasteiger partial charge in [-0.25, -0.2) is 4.89 Å². The van der Waals surface area contributed by atoms with Crippen molar-refractivity contribution < 1.29 is 10.1 Å². The number of hydrogen-bond donors (Lipinski definition) is 1. The molecule has 0 unspecified atom stereocenters. The molecule has 84 valence electrons. The van der Waals surface area contributed by atoms with E-state index in [1.165, 1.54) is 32.1 Å². The maximum atomic E-state index is 9.06. The van der Waals surface area contributed by atoms with Gasteiger partial charge in [0.05, 0.1) is 0 Å². The molecule has 0 heterocycles. The summed E-state index contributed by atoms with van der Waals surface area (Å²) in [7, 11) is 0. The lowest BCUT2D eigenvalue weighted by Crippen LogP contribution is -2.49. The van der Waals surface area contributed by atoms with Gasteiger partial charge in [-0.1, -0.05) is 33.1 Å². The first-order chi connectivity index (χ1) is 6.46. The maximum Gasteiger partial charge on any atom is 0.104 e. The van der Waals surface area contributed by atoms with Crippen molar-refractivity contribution in [2.75, 3.05) is 0 Å². The molecule has 0 amide bonds. The van der Waals surface area contributed by atoms with E-state index in [0.717, 1.165) is 0 Å². The van der Waals surface area contributed by atoms with E-state index in [0.29, 0.717) is 5.92 Å². The molecule has 1 aliphatic carbocycles. The molecule has 14 heavy (non-hydrogen) atoms. The zero-order valence-corrected chi connectivity index (χ0v) is 9.97. The molecule has 0 aliphatic heterocycles. The Bertz CT molecular complexity index is 179. The molecule has 0 bridgehead atoms. The molecule has 1 aliphatic rings. The second-order valence-corrected chi connectivity index (χ2v) is 5.47. The van der Waals surface area contributed by atoms with Crippen LogP contribution in [0.1, 0.15) is 59.8 Å². The van der Waals surface area contributed by atoms with Crippen molar-refractivity contribution in [1.29, 1.82) is 0 Å². The standard InChI is InChI=1S/C12H24O2/c1-10(2)12(11(3,4)14-13)8-6-5-7-9-12/h10,13H,5-9H2,1-4H3. The molecule has 0 spiro atoms. The fourth-order valence-electron chi connectivity index (χ4n) is 3.15. The van der Waals surface area contributed by atoms with E-state index in [1.807, 2.05) is 13.8 Å². The lowest BCUT2D eigenvalue weighted by atomic mass is 9.59. The van der Waals surface area contributed by atoms with Gasteiger partial charge in [0.15, 0.2) is 0 Å². The van der Waals surface area contributed by atoms with Crippen molar-refractivity contribution in [3.63, 3.8) is 0 Å². The van der Waals surface area contributed by atoms with Crippen molar-refractivity contribution in [3.8, 4) is 0 Å². The van der Waals surface area contributed by atoms with Crippen LogP contribution >= 0.6 is 0 Å². The minimum atomic E-state index is -0.415. The Balaban J connectivity index is 2.91. The van der Waals surface area contributed by atoms with E-state index < -0.39 is 5.60 Å². The van der Waals surface area contributed by atoms with Crippen LogP contribution in [-0.4, -0.2) is 10.9 Å². The first-order valence-corrected chi connectivity index (χ1v) is 5.79. The van der Waals surface area contributed by atoms with Gasteiger partial charge in [0, 0.05) is 5.41 Å². The average molecular weight is 200 g/mol. The highest BCUT2D eigenvalue weighted by Crippen LogP contribution is 2.51. The summed E-state index contributed by atoms with van der Waals surface area (Å²) in [5.74, 6) is 0.560. The summed E-state index contributed by atoms with van der Waals surface area (Å²) in [5, 5.41) is 9.06. The Labute approximate surface area is 87.6 Å². The van der Waals surface area contributed by atoms with Crippen LogP contribution in [-0.2, 0) is 4.89 Å². The second-order valence-electron chi connectivity index (χ2n) is 5.47. The van der Waals surface area contributed by atoms with Crippen LogP contribution in [0.5, 0.6) is 0 Å². The van der Waals surface area contributed by atoms with Gasteiger partial charge in [-0.15, -0.1) is 0 Å². The monoisotopic (exact) mass is 200 g/mol. The molecule has 0 aromatic heterocycles. The highest BCUT2D eigenvalue weighted by atomic mass is 17.1. The van der Waals surface area contributed by atoms with Crippen molar-refractivity contribution in [2.24, 2.45) is 11.3 Å².